The van der Waals surface area contributed by atoms with Gasteiger partial charge in [-0.05, 0) is 18.9 Å². The van der Waals surface area contributed by atoms with Gasteiger partial charge < -0.3 is 9.84 Å². The maximum atomic E-state index is 5.35. The number of hydrogen-bond acceptors (Lipinski definition) is 4. The molecule has 0 spiro atoms. The van der Waals surface area contributed by atoms with Crippen LogP contribution < -0.4 is 5.32 Å². The largest absolute Gasteiger partial charge is 0.337 e. The van der Waals surface area contributed by atoms with Gasteiger partial charge in [-0.1, -0.05) is 42.4 Å². The molecule has 1 aromatic heterocycles. The smallest absolute Gasteiger partial charge is 0.244 e. The van der Waals surface area contributed by atoms with Crippen LogP contribution in [0.25, 0.3) is 11.4 Å². The summed E-state index contributed by atoms with van der Waals surface area (Å²) in [5.41, 5.74) is 0.994. The standard InChI is InChI=1S/C13H15N3O/c1-9-7-8-14-11(9)13-15-12(16-17-13)10-5-3-2-4-6-10/h2-6,9,11,14H,7-8H2,1H3. The van der Waals surface area contributed by atoms with Crippen molar-refractivity contribution in [3.63, 3.8) is 0 Å². The van der Waals surface area contributed by atoms with Crippen molar-refractivity contribution >= 4 is 0 Å². The zero-order chi connectivity index (χ0) is 11.7. The molecule has 2 unspecified atom stereocenters. The number of hydrogen-bond donors (Lipinski definition) is 1. The van der Waals surface area contributed by atoms with Gasteiger partial charge in [0.1, 0.15) is 0 Å². The van der Waals surface area contributed by atoms with Gasteiger partial charge in [0.25, 0.3) is 0 Å². The average Bonchev–Trinajstić information content (AvgIpc) is 2.98. The molecule has 4 heteroatoms. The summed E-state index contributed by atoms with van der Waals surface area (Å²) in [7, 11) is 0. The number of nitrogens with zero attached hydrogens (tertiary/aromatic N) is 2. The minimum atomic E-state index is 0.208. The highest BCUT2D eigenvalue weighted by atomic mass is 16.5. The molecular weight excluding hydrogens is 214 g/mol. The first-order valence-corrected chi connectivity index (χ1v) is 5.97. The van der Waals surface area contributed by atoms with Crippen LogP contribution in [0.3, 0.4) is 0 Å². The molecule has 17 heavy (non-hydrogen) atoms. The number of aromatic nitrogens is 2. The second-order valence-corrected chi connectivity index (χ2v) is 4.52. The first kappa shape index (κ1) is 10.5. The zero-order valence-corrected chi connectivity index (χ0v) is 9.76. The van der Waals surface area contributed by atoms with E-state index in [4.69, 9.17) is 4.52 Å². The number of nitrogens with one attached hydrogen (secondary N) is 1. The highest BCUT2D eigenvalue weighted by Crippen LogP contribution is 2.29. The Labute approximate surface area is 100 Å². The fourth-order valence-electron chi connectivity index (χ4n) is 2.23. The highest BCUT2D eigenvalue weighted by molar-refractivity contribution is 5.53. The molecule has 4 nitrogen and oxygen atoms in total. The van der Waals surface area contributed by atoms with Crippen molar-refractivity contribution in [3.05, 3.63) is 36.2 Å². The van der Waals surface area contributed by atoms with Crippen molar-refractivity contribution < 1.29 is 4.52 Å². The molecule has 1 aliphatic rings. The molecule has 1 aliphatic heterocycles. The summed E-state index contributed by atoms with van der Waals surface area (Å²) >= 11 is 0. The van der Waals surface area contributed by atoms with Gasteiger partial charge in [-0.3, -0.25) is 0 Å². The predicted octanol–water partition coefficient (Wildman–Crippen LogP) is 2.41. The van der Waals surface area contributed by atoms with Crippen LogP contribution in [-0.4, -0.2) is 16.7 Å². The summed E-state index contributed by atoms with van der Waals surface area (Å²) < 4.78 is 5.35. The summed E-state index contributed by atoms with van der Waals surface area (Å²) in [6, 6.07) is 10.1. The monoisotopic (exact) mass is 229 g/mol. The Bertz CT molecular complexity index is 494. The maximum Gasteiger partial charge on any atom is 0.244 e. The van der Waals surface area contributed by atoms with Crippen LogP contribution in [0, 0.1) is 5.92 Å². The molecule has 1 N–H and O–H groups in total. The van der Waals surface area contributed by atoms with Gasteiger partial charge in [0.2, 0.25) is 11.7 Å². The lowest BCUT2D eigenvalue weighted by atomic mass is 10.0. The molecule has 88 valence electrons. The summed E-state index contributed by atoms with van der Waals surface area (Å²) in [5.74, 6) is 1.93. The fraction of sp³-hybridized carbons (Fsp3) is 0.385. The van der Waals surface area contributed by atoms with E-state index < -0.39 is 0 Å². The molecule has 3 rings (SSSR count). The van der Waals surface area contributed by atoms with Crippen LogP contribution in [0.1, 0.15) is 25.3 Å². The highest BCUT2D eigenvalue weighted by Gasteiger charge is 2.29. The third-order valence-corrected chi connectivity index (χ3v) is 3.27. The van der Waals surface area contributed by atoms with Gasteiger partial charge in [0, 0.05) is 5.56 Å². The molecule has 2 aromatic rings. The van der Waals surface area contributed by atoms with Crippen LogP contribution in [0.4, 0.5) is 0 Å². The molecule has 0 aliphatic carbocycles. The lowest BCUT2D eigenvalue weighted by Crippen LogP contribution is -2.16. The van der Waals surface area contributed by atoms with Crippen molar-refractivity contribution in [1.29, 1.82) is 0 Å². The van der Waals surface area contributed by atoms with Crippen LogP contribution in [0.15, 0.2) is 34.9 Å². The van der Waals surface area contributed by atoms with Crippen LogP contribution in [-0.2, 0) is 0 Å². The normalized spacial score (nSPS) is 24.1. The van der Waals surface area contributed by atoms with Crippen molar-refractivity contribution in [2.75, 3.05) is 6.54 Å². The van der Waals surface area contributed by atoms with Crippen LogP contribution in [0.5, 0.6) is 0 Å². The van der Waals surface area contributed by atoms with Crippen LogP contribution >= 0.6 is 0 Å². The SMILES string of the molecule is CC1CCNC1c1nc(-c2ccccc2)no1. The Balaban J connectivity index is 1.88. The van der Waals surface area contributed by atoms with E-state index in [1.807, 2.05) is 30.3 Å². The zero-order valence-electron chi connectivity index (χ0n) is 9.76. The van der Waals surface area contributed by atoms with E-state index in [0.29, 0.717) is 17.6 Å². The Morgan fingerprint density at radius 2 is 2.12 bits per heavy atom. The molecule has 2 atom stereocenters. The lowest BCUT2D eigenvalue weighted by molar-refractivity contribution is 0.319. The Hall–Kier alpha value is -1.68. The Morgan fingerprint density at radius 3 is 2.82 bits per heavy atom. The number of benzene rings is 1. The summed E-state index contributed by atoms with van der Waals surface area (Å²) in [5, 5.41) is 7.43. The Kier molecular flexibility index (Phi) is 2.65. The molecule has 0 radical (unpaired) electrons. The topological polar surface area (TPSA) is 51.0 Å². The van der Waals surface area contributed by atoms with Crippen LogP contribution in [0.2, 0.25) is 0 Å². The van der Waals surface area contributed by atoms with E-state index in [1.54, 1.807) is 0 Å². The van der Waals surface area contributed by atoms with Gasteiger partial charge in [-0.15, -0.1) is 0 Å². The molecule has 0 amide bonds. The van der Waals surface area contributed by atoms with E-state index in [9.17, 15) is 0 Å². The third-order valence-electron chi connectivity index (χ3n) is 3.27. The summed E-state index contributed by atoms with van der Waals surface area (Å²) in [6.45, 7) is 3.23. The molecule has 1 saturated heterocycles. The third kappa shape index (κ3) is 1.96. The molecule has 1 aromatic carbocycles. The second kappa shape index (κ2) is 4.30. The first-order chi connectivity index (χ1) is 8.34. The second-order valence-electron chi connectivity index (χ2n) is 4.52. The van der Waals surface area contributed by atoms with Gasteiger partial charge in [-0.2, -0.15) is 4.98 Å². The predicted molar refractivity (Wildman–Crippen MR) is 64.3 cm³/mol. The Morgan fingerprint density at radius 1 is 1.29 bits per heavy atom. The first-order valence-electron chi connectivity index (χ1n) is 5.97. The van der Waals surface area contributed by atoms with Gasteiger partial charge in [-0.25, -0.2) is 0 Å². The molecule has 1 fully saturated rings. The summed E-state index contributed by atoms with van der Waals surface area (Å²) in [4.78, 5) is 4.47. The van der Waals surface area contributed by atoms with Gasteiger partial charge in [0.05, 0.1) is 6.04 Å². The van der Waals surface area contributed by atoms with Crippen molar-refractivity contribution in [2.24, 2.45) is 5.92 Å². The lowest BCUT2D eigenvalue weighted by Gasteiger charge is -2.09. The van der Waals surface area contributed by atoms with E-state index in [2.05, 4.69) is 22.4 Å². The summed E-state index contributed by atoms with van der Waals surface area (Å²) in [6.07, 6.45) is 1.16. The van der Waals surface area contributed by atoms with E-state index in [1.165, 1.54) is 0 Å². The van der Waals surface area contributed by atoms with Crippen molar-refractivity contribution in [3.8, 4) is 11.4 Å². The van der Waals surface area contributed by atoms with Gasteiger partial charge >= 0.3 is 0 Å². The fourth-order valence-corrected chi connectivity index (χ4v) is 2.23. The van der Waals surface area contributed by atoms with Crippen molar-refractivity contribution in [2.45, 2.75) is 19.4 Å². The molecule has 0 bridgehead atoms. The minimum Gasteiger partial charge on any atom is -0.337 e. The maximum absolute atomic E-state index is 5.35. The van der Waals surface area contributed by atoms with E-state index in [0.717, 1.165) is 18.5 Å². The molecular formula is C13H15N3O. The van der Waals surface area contributed by atoms with E-state index >= 15 is 0 Å². The van der Waals surface area contributed by atoms with E-state index in [-0.39, 0.29) is 6.04 Å². The average molecular weight is 229 g/mol. The number of rotatable bonds is 2. The molecule has 0 saturated carbocycles. The van der Waals surface area contributed by atoms with Gasteiger partial charge in [0.15, 0.2) is 0 Å². The molecule has 2 heterocycles. The van der Waals surface area contributed by atoms with Crippen molar-refractivity contribution in [1.82, 2.24) is 15.5 Å². The quantitative estimate of drug-likeness (QED) is 0.859. The minimum absolute atomic E-state index is 0.208.